The molecule has 1 aliphatic rings. The van der Waals surface area contributed by atoms with Crippen LogP contribution >= 0.6 is 11.3 Å². The normalized spacial score (nSPS) is 12.9. The first-order valence-corrected chi connectivity index (χ1v) is 9.43. The van der Waals surface area contributed by atoms with Gasteiger partial charge in [0, 0.05) is 11.1 Å². The van der Waals surface area contributed by atoms with E-state index in [2.05, 4.69) is 10.2 Å². The standard InChI is InChI=1S/C20H13N3O5S/c1-2-15-21-22-20(29-15)23-17(25)13-8-7-12(9-14(13)18(23)26)16(24)10-3-5-11(6-4-10)19(27)28/h3-9H,2H2,1H3,(H,27,28)/p-1. The zero-order chi connectivity index (χ0) is 20.7. The summed E-state index contributed by atoms with van der Waals surface area (Å²) in [5.41, 5.74) is 0.711. The molecule has 2 aromatic carbocycles. The van der Waals surface area contributed by atoms with E-state index in [1.54, 1.807) is 0 Å². The number of hydrogen-bond acceptors (Lipinski definition) is 8. The monoisotopic (exact) mass is 406 g/mol. The molecule has 8 nitrogen and oxygen atoms in total. The number of anilines is 1. The highest BCUT2D eigenvalue weighted by Gasteiger charge is 2.39. The second kappa shape index (κ2) is 7.02. The van der Waals surface area contributed by atoms with E-state index in [0.29, 0.717) is 11.4 Å². The molecule has 1 aromatic heterocycles. The molecule has 144 valence electrons. The van der Waals surface area contributed by atoms with Crippen LogP contribution in [0.5, 0.6) is 0 Å². The predicted molar refractivity (Wildman–Crippen MR) is 101 cm³/mol. The van der Waals surface area contributed by atoms with Crippen molar-refractivity contribution in [1.29, 1.82) is 0 Å². The van der Waals surface area contributed by atoms with Crippen molar-refractivity contribution in [3.8, 4) is 0 Å². The van der Waals surface area contributed by atoms with Crippen LogP contribution < -0.4 is 10.0 Å². The van der Waals surface area contributed by atoms with Gasteiger partial charge in [-0.25, -0.2) is 4.90 Å². The van der Waals surface area contributed by atoms with Crippen molar-refractivity contribution in [3.63, 3.8) is 0 Å². The summed E-state index contributed by atoms with van der Waals surface area (Å²) in [6.45, 7) is 1.89. The van der Waals surface area contributed by atoms with E-state index in [1.807, 2.05) is 6.92 Å². The van der Waals surface area contributed by atoms with Crippen LogP contribution in [-0.2, 0) is 6.42 Å². The fraction of sp³-hybridized carbons (Fsp3) is 0.100. The third-order valence-electron chi connectivity index (χ3n) is 4.48. The maximum absolute atomic E-state index is 12.8. The molecule has 3 aromatic rings. The Morgan fingerprint density at radius 3 is 2.17 bits per heavy atom. The summed E-state index contributed by atoms with van der Waals surface area (Å²) >= 11 is 1.16. The van der Waals surface area contributed by atoms with Crippen molar-refractivity contribution in [2.45, 2.75) is 13.3 Å². The molecule has 2 amide bonds. The van der Waals surface area contributed by atoms with Gasteiger partial charge in [-0.2, -0.15) is 0 Å². The zero-order valence-corrected chi connectivity index (χ0v) is 15.9. The van der Waals surface area contributed by atoms with Crippen molar-refractivity contribution >= 4 is 40.0 Å². The van der Waals surface area contributed by atoms with E-state index in [4.69, 9.17) is 0 Å². The Balaban J connectivity index is 1.66. The quantitative estimate of drug-likeness (QED) is 0.465. The number of aryl methyl sites for hydroxylation is 1. The van der Waals surface area contributed by atoms with E-state index in [1.165, 1.54) is 42.5 Å². The number of carboxylic acid groups (broad SMARTS) is 1. The minimum Gasteiger partial charge on any atom is -0.545 e. The van der Waals surface area contributed by atoms with Gasteiger partial charge in [0.2, 0.25) is 5.13 Å². The van der Waals surface area contributed by atoms with E-state index in [-0.39, 0.29) is 32.9 Å². The first-order valence-electron chi connectivity index (χ1n) is 8.62. The van der Waals surface area contributed by atoms with Gasteiger partial charge in [0.1, 0.15) is 5.01 Å². The largest absolute Gasteiger partial charge is 0.545 e. The van der Waals surface area contributed by atoms with Crippen LogP contribution in [0.3, 0.4) is 0 Å². The Bertz CT molecular complexity index is 1180. The van der Waals surface area contributed by atoms with Gasteiger partial charge in [-0.05, 0) is 24.1 Å². The van der Waals surface area contributed by atoms with Crippen molar-refractivity contribution in [1.82, 2.24) is 10.2 Å². The zero-order valence-electron chi connectivity index (χ0n) is 15.0. The minimum absolute atomic E-state index is 0.0459. The predicted octanol–water partition coefficient (Wildman–Crippen LogP) is 1.50. The van der Waals surface area contributed by atoms with Gasteiger partial charge in [-0.15, -0.1) is 10.2 Å². The van der Waals surface area contributed by atoms with Crippen LogP contribution in [0.1, 0.15) is 58.9 Å². The topological polar surface area (TPSA) is 120 Å². The summed E-state index contributed by atoms with van der Waals surface area (Å²) in [4.78, 5) is 50.0. The van der Waals surface area contributed by atoms with E-state index in [0.717, 1.165) is 16.2 Å². The number of carboxylic acids is 1. The molecule has 0 radical (unpaired) electrons. The third-order valence-corrected chi connectivity index (χ3v) is 5.53. The molecule has 0 spiro atoms. The summed E-state index contributed by atoms with van der Waals surface area (Å²) in [5, 5.41) is 19.6. The Morgan fingerprint density at radius 1 is 0.931 bits per heavy atom. The molecule has 0 unspecified atom stereocenters. The summed E-state index contributed by atoms with van der Waals surface area (Å²) in [6.07, 6.45) is 0.635. The molecular formula is C20H12N3O5S-. The number of hydrogen-bond donors (Lipinski definition) is 0. The van der Waals surface area contributed by atoms with E-state index >= 15 is 0 Å². The number of aromatic carboxylic acids is 1. The summed E-state index contributed by atoms with van der Waals surface area (Å²) in [5.74, 6) is -2.82. The van der Waals surface area contributed by atoms with Crippen molar-refractivity contribution in [3.05, 3.63) is 75.3 Å². The average Bonchev–Trinajstić information content (AvgIpc) is 3.30. The van der Waals surface area contributed by atoms with Gasteiger partial charge >= 0.3 is 0 Å². The van der Waals surface area contributed by atoms with Crippen molar-refractivity contribution < 1.29 is 24.3 Å². The third kappa shape index (κ3) is 3.11. The molecule has 0 atom stereocenters. The summed E-state index contributed by atoms with van der Waals surface area (Å²) < 4.78 is 0. The molecule has 0 aliphatic carbocycles. The maximum atomic E-state index is 12.8. The van der Waals surface area contributed by atoms with Crippen LogP contribution in [-0.4, -0.2) is 33.8 Å². The fourth-order valence-electron chi connectivity index (χ4n) is 2.96. The molecule has 2 heterocycles. The van der Waals surface area contributed by atoms with Crippen LogP contribution in [0.25, 0.3) is 0 Å². The highest BCUT2D eigenvalue weighted by atomic mass is 32.1. The minimum atomic E-state index is -1.34. The molecule has 0 N–H and O–H groups in total. The maximum Gasteiger partial charge on any atom is 0.268 e. The number of nitrogens with zero attached hydrogens (tertiary/aromatic N) is 3. The lowest BCUT2D eigenvalue weighted by molar-refractivity contribution is -0.255. The Labute approximate surface area is 168 Å². The number of benzene rings is 2. The number of carbonyl (C=O) groups is 4. The van der Waals surface area contributed by atoms with Crippen LogP contribution in [0.15, 0.2) is 42.5 Å². The molecule has 0 bridgehead atoms. The lowest BCUT2D eigenvalue weighted by Crippen LogP contribution is -2.29. The number of aromatic nitrogens is 2. The number of rotatable bonds is 5. The Kier molecular flexibility index (Phi) is 4.51. The smallest absolute Gasteiger partial charge is 0.268 e. The molecular weight excluding hydrogens is 394 g/mol. The van der Waals surface area contributed by atoms with Gasteiger partial charge in [0.15, 0.2) is 5.78 Å². The van der Waals surface area contributed by atoms with Crippen LogP contribution in [0, 0.1) is 0 Å². The van der Waals surface area contributed by atoms with Gasteiger partial charge in [-0.3, -0.25) is 14.4 Å². The molecule has 0 saturated carbocycles. The second-order valence-corrected chi connectivity index (χ2v) is 7.27. The molecule has 29 heavy (non-hydrogen) atoms. The van der Waals surface area contributed by atoms with E-state index in [9.17, 15) is 24.3 Å². The molecule has 1 aliphatic heterocycles. The lowest BCUT2D eigenvalue weighted by Gasteiger charge is -2.07. The van der Waals surface area contributed by atoms with Gasteiger partial charge in [-0.1, -0.05) is 48.6 Å². The molecule has 0 fully saturated rings. The Hall–Kier alpha value is -3.72. The number of fused-ring (bicyclic) bond motifs is 1. The van der Waals surface area contributed by atoms with E-state index < -0.39 is 23.6 Å². The average molecular weight is 406 g/mol. The lowest BCUT2D eigenvalue weighted by atomic mass is 9.98. The number of amides is 2. The Morgan fingerprint density at radius 2 is 1.55 bits per heavy atom. The van der Waals surface area contributed by atoms with Gasteiger partial charge < -0.3 is 9.90 Å². The highest BCUT2D eigenvalue weighted by molar-refractivity contribution is 7.15. The molecule has 9 heteroatoms. The van der Waals surface area contributed by atoms with Crippen LogP contribution in [0.2, 0.25) is 0 Å². The van der Waals surface area contributed by atoms with Crippen LogP contribution in [0.4, 0.5) is 5.13 Å². The highest BCUT2D eigenvalue weighted by Crippen LogP contribution is 2.31. The number of carbonyl (C=O) groups excluding carboxylic acids is 4. The SMILES string of the molecule is CCc1nnc(N2C(=O)c3ccc(C(=O)c4ccc(C(=O)[O-])cc4)cc3C2=O)s1. The molecule has 4 rings (SSSR count). The fourth-order valence-corrected chi connectivity index (χ4v) is 3.73. The summed E-state index contributed by atoms with van der Waals surface area (Å²) in [7, 11) is 0. The first kappa shape index (κ1) is 18.6. The summed E-state index contributed by atoms with van der Waals surface area (Å²) in [6, 6.07) is 9.54. The van der Waals surface area contributed by atoms with Crippen molar-refractivity contribution in [2.24, 2.45) is 0 Å². The number of ketones is 1. The number of imide groups is 1. The van der Waals surface area contributed by atoms with Crippen molar-refractivity contribution in [2.75, 3.05) is 4.90 Å². The second-order valence-electron chi connectivity index (χ2n) is 6.23. The molecule has 0 saturated heterocycles. The first-order chi connectivity index (χ1) is 13.9. The van der Waals surface area contributed by atoms with Gasteiger partial charge in [0.05, 0.1) is 17.1 Å². The van der Waals surface area contributed by atoms with Gasteiger partial charge in [0.25, 0.3) is 11.8 Å².